The summed E-state index contributed by atoms with van der Waals surface area (Å²) >= 11 is 6.03. The zero-order chi connectivity index (χ0) is 13.8. The van der Waals surface area contributed by atoms with Crippen LogP contribution in [0, 0.1) is 0 Å². The average Bonchev–Trinajstić information content (AvgIpc) is 2.35. The molecule has 0 aliphatic rings. The van der Waals surface area contributed by atoms with Crippen LogP contribution in [0.25, 0.3) is 0 Å². The molecule has 18 heavy (non-hydrogen) atoms. The molecule has 0 heterocycles. The number of halogens is 1. The fourth-order valence-corrected chi connectivity index (χ4v) is 2.50. The lowest BCUT2D eigenvalue weighted by molar-refractivity contribution is -0.142. The first-order valence-corrected chi connectivity index (χ1v) is 6.42. The number of benzene rings is 1. The van der Waals surface area contributed by atoms with Gasteiger partial charge in [0.1, 0.15) is 0 Å². The van der Waals surface area contributed by atoms with E-state index in [2.05, 4.69) is 0 Å². The van der Waals surface area contributed by atoms with Crippen LogP contribution in [0.15, 0.2) is 24.3 Å². The standard InChI is InChI=1S/C14H20ClNO2/c1-4-14(10(2)16,9-13(17)18-3)11-6-5-7-12(15)8-11/h5-8,10H,4,9,16H2,1-3H3. The van der Waals surface area contributed by atoms with Gasteiger partial charge in [0.25, 0.3) is 0 Å². The highest BCUT2D eigenvalue weighted by Crippen LogP contribution is 2.36. The summed E-state index contributed by atoms with van der Waals surface area (Å²) in [6, 6.07) is 7.35. The van der Waals surface area contributed by atoms with Crippen LogP contribution in [-0.4, -0.2) is 19.1 Å². The summed E-state index contributed by atoms with van der Waals surface area (Å²) < 4.78 is 4.78. The van der Waals surface area contributed by atoms with Crippen LogP contribution in [-0.2, 0) is 14.9 Å². The first kappa shape index (κ1) is 15.0. The molecule has 0 aliphatic carbocycles. The van der Waals surface area contributed by atoms with E-state index in [4.69, 9.17) is 22.1 Å². The zero-order valence-corrected chi connectivity index (χ0v) is 11.8. The maximum absolute atomic E-state index is 11.6. The lowest BCUT2D eigenvalue weighted by Gasteiger charge is -2.36. The Labute approximate surface area is 113 Å². The molecule has 0 fully saturated rings. The minimum absolute atomic E-state index is 0.167. The van der Waals surface area contributed by atoms with E-state index in [1.807, 2.05) is 38.1 Å². The van der Waals surface area contributed by atoms with Crippen molar-refractivity contribution < 1.29 is 9.53 Å². The Balaban J connectivity index is 3.22. The van der Waals surface area contributed by atoms with Crippen molar-refractivity contribution >= 4 is 17.6 Å². The van der Waals surface area contributed by atoms with Crippen LogP contribution >= 0.6 is 11.6 Å². The Kier molecular flexibility index (Phi) is 5.17. The van der Waals surface area contributed by atoms with Crippen LogP contribution in [0.4, 0.5) is 0 Å². The van der Waals surface area contributed by atoms with Crippen molar-refractivity contribution in [3.63, 3.8) is 0 Å². The van der Waals surface area contributed by atoms with Gasteiger partial charge >= 0.3 is 5.97 Å². The van der Waals surface area contributed by atoms with Crippen LogP contribution in [0.5, 0.6) is 0 Å². The summed E-state index contributed by atoms with van der Waals surface area (Å²) in [4.78, 5) is 11.6. The SMILES string of the molecule is CCC(CC(=O)OC)(c1cccc(Cl)c1)C(C)N. The van der Waals surface area contributed by atoms with E-state index in [1.165, 1.54) is 7.11 Å². The first-order chi connectivity index (χ1) is 8.46. The molecule has 2 atom stereocenters. The van der Waals surface area contributed by atoms with Crippen molar-refractivity contribution in [3.05, 3.63) is 34.9 Å². The van der Waals surface area contributed by atoms with Crippen LogP contribution in [0.2, 0.25) is 5.02 Å². The molecule has 0 radical (unpaired) electrons. The Bertz CT molecular complexity index is 420. The minimum Gasteiger partial charge on any atom is -0.469 e. The van der Waals surface area contributed by atoms with Gasteiger partial charge in [-0.1, -0.05) is 30.7 Å². The van der Waals surface area contributed by atoms with E-state index in [1.54, 1.807) is 0 Å². The molecule has 1 aromatic carbocycles. The summed E-state index contributed by atoms with van der Waals surface area (Å²) in [5.41, 5.74) is 6.67. The third-order valence-electron chi connectivity index (χ3n) is 3.59. The van der Waals surface area contributed by atoms with Gasteiger partial charge in [-0.3, -0.25) is 4.79 Å². The summed E-state index contributed by atoms with van der Waals surface area (Å²) in [7, 11) is 1.39. The van der Waals surface area contributed by atoms with Gasteiger partial charge in [0.15, 0.2) is 0 Å². The molecule has 2 unspecified atom stereocenters. The molecular weight excluding hydrogens is 250 g/mol. The highest BCUT2D eigenvalue weighted by Gasteiger charge is 2.37. The van der Waals surface area contributed by atoms with Crippen molar-refractivity contribution in [2.75, 3.05) is 7.11 Å². The Morgan fingerprint density at radius 3 is 2.67 bits per heavy atom. The quantitative estimate of drug-likeness (QED) is 0.837. The lowest BCUT2D eigenvalue weighted by atomic mass is 9.70. The van der Waals surface area contributed by atoms with Crippen LogP contribution in [0.1, 0.15) is 32.3 Å². The van der Waals surface area contributed by atoms with Crippen LogP contribution < -0.4 is 5.73 Å². The number of rotatable bonds is 5. The predicted octanol–water partition coefficient (Wildman–Crippen LogP) is 2.90. The van der Waals surface area contributed by atoms with Gasteiger partial charge in [0.05, 0.1) is 13.5 Å². The summed E-state index contributed by atoms with van der Waals surface area (Å²) in [5.74, 6) is -0.255. The van der Waals surface area contributed by atoms with Crippen molar-refractivity contribution in [2.24, 2.45) is 5.73 Å². The molecule has 0 aliphatic heterocycles. The second-order valence-electron chi connectivity index (χ2n) is 4.56. The molecule has 0 amide bonds. The van der Waals surface area contributed by atoms with E-state index < -0.39 is 5.41 Å². The van der Waals surface area contributed by atoms with E-state index in [0.29, 0.717) is 5.02 Å². The fourth-order valence-electron chi connectivity index (χ4n) is 2.30. The number of carbonyl (C=O) groups is 1. The molecule has 0 saturated carbocycles. The first-order valence-electron chi connectivity index (χ1n) is 6.04. The number of ether oxygens (including phenoxy) is 1. The van der Waals surface area contributed by atoms with Gasteiger partial charge in [-0.25, -0.2) is 0 Å². The Morgan fingerprint density at radius 2 is 2.22 bits per heavy atom. The molecule has 0 saturated heterocycles. The number of hydrogen-bond donors (Lipinski definition) is 1. The van der Waals surface area contributed by atoms with E-state index in [9.17, 15) is 4.79 Å². The summed E-state index contributed by atoms with van der Waals surface area (Å²) in [6.45, 7) is 3.93. The van der Waals surface area contributed by atoms with Gasteiger partial charge in [-0.2, -0.15) is 0 Å². The van der Waals surface area contributed by atoms with Crippen molar-refractivity contribution in [2.45, 2.75) is 38.1 Å². The van der Waals surface area contributed by atoms with E-state index >= 15 is 0 Å². The fraction of sp³-hybridized carbons (Fsp3) is 0.500. The molecule has 100 valence electrons. The second kappa shape index (κ2) is 6.21. The van der Waals surface area contributed by atoms with Gasteiger partial charge in [-0.15, -0.1) is 0 Å². The maximum Gasteiger partial charge on any atom is 0.306 e. The minimum atomic E-state index is -0.433. The molecule has 4 heteroatoms. The molecule has 1 rings (SSSR count). The maximum atomic E-state index is 11.6. The monoisotopic (exact) mass is 269 g/mol. The lowest BCUT2D eigenvalue weighted by Crippen LogP contribution is -2.45. The average molecular weight is 270 g/mol. The highest BCUT2D eigenvalue weighted by atomic mass is 35.5. The molecular formula is C14H20ClNO2. The predicted molar refractivity (Wildman–Crippen MR) is 73.7 cm³/mol. The smallest absolute Gasteiger partial charge is 0.306 e. The van der Waals surface area contributed by atoms with Gasteiger partial charge in [0, 0.05) is 16.5 Å². The second-order valence-corrected chi connectivity index (χ2v) is 5.00. The van der Waals surface area contributed by atoms with Crippen molar-refractivity contribution in [1.82, 2.24) is 0 Å². The van der Waals surface area contributed by atoms with E-state index in [0.717, 1.165) is 12.0 Å². The van der Waals surface area contributed by atoms with Gasteiger partial charge in [-0.05, 0) is 31.0 Å². The number of nitrogens with two attached hydrogens (primary N) is 1. The number of carbonyl (C=O) groups excluding carboxylic acids is 1. The van der Waals surface area contributed by atoms with Crippen LogP contribution in [0.3, 0.4) is 0 Å². The Morgan fingerprint density at radius 1 is 1.56 bits per heavy atom. The largest absolute Gasteiger partial charge is 0.469 e. The van der Waals surface area contributed by atoms with Crippen molar-refractivity contribution in [1.29, 1.82) is 0 Å². The molecule has 0 bridgehead atoms. The topological polar surface area (TPSA) is 52.3 Å². The highest BCUT2D eigenvalue weighted by molar-refractivity contribution is 6.30. The zero-order valence-electron chi connectivity index (χ0n) is 11.1. The van der Waals surface area contributed by atoms with Gasteiger partial charge < -0.3 is 10.5 Å². The van der Waals surface area contributed by atoms with Crippen molar-refractivity contribution in [3.8, 4) is 0 Å². The number of methoxy groups -OCH3 is 1. The molecule has 3 nitrogen and oxygen atoms in total. The Hall–Kier alpha value is -1.06. The third-order valence-corrected chi connectivity index (χ3v) is 3.82. The molecule has 0 aromatic heterocycles. The summed E-state index contributed by atoms with van der Waals surface area (Å²) in [6.07, 6.45) is 1.01. The number of esters is 1. The summed E-state index contributed by atoms with van der Waals surface area (Å²) in [5, 5.41) is 0.649. The molecule has 2 N–H and O–H groups in total. The van der Waals surface area contributed by atoms with Gasteiger partial charge in [0.2, 0.25) is 0 Å². The van der Waals surface area contributed by atoms with E-state index in [-0.39, 0.29) is 18.4 Å². The third kappa shape index (κ3) is 3.03. The number of hydrogen-bond acceptors (Lipinski definition) is 3. The molecule has 0 spiro atoms. The molecule has 1 aromatic rings. The normalized spacial score (nSPS) is 15.8.